The van der Waals surface area contributed by atoms with Gasteiger partial charge in [0.2, 0.25) is 10.0 Å². The van der Waals surface area contributed by atoms with Gasteiger partial charge in [0.25, 0.3) is 0 Å². The predicted octanol–water partition coefficient (Wildman–Crippen LogP) is 2.60. The Hall–Kier alpha value is -0.910. The highest BCUT2D eigenvalue weighted by Crippen LogP contribution is 2.28. The van der Waals surface area contributed by atoms with Gasteiger partial charge in [-0.15, -0.1) is 0 Å². The summed E-state index contributed by atoms with van der Waals surface area (Å²) in [4.78, 5) is 0.223. The first kappa shape index (κ1) is 15.5. The van der Waals surface area contributed by atoms with Gasteiger partial charge in [0.05, 0.1) is 11.0 Å². The van der Waals surface area contributed by atoms with E-state index >= 15 is 0 Å². The SMILES string of the molecule is CC(O)c1cccc(S(=O)(=O)NC(C)C2CCCC2)c1. The second kappa shape index (κ2) is 6.24. The van der Waals surface area contributed by atoms with Crippen LogP contribution in [0.3, 0.4) is 0 Å². The molecule has 20 heavy (non-hydrogen) atoms. The fourth-order valence-electron chi connectivity index (χ4n) is 2.81. The number of benzene rings is 1. The van der Waals surface area contributed by atoms with Crippen molar-refractivity contribution in [3.05, 3.63) is 29.8 Å². The molecule has 1 aromatic rings. The van der Waals surface area contributed by atoms with Crippen molar-refractivity contribution in [3.8, 4) is 0 Å². The lowest BCUT2D eigenvalue weighted by atomic mass is 10.0. The number of aliphatic hydroxyl groups excluding tert-OH is 1. The van der Waals surface area contributed by atoms with E-state index in [9.17, 15) is 13.5 Å². The Bertz CT molecular complexity index is 548. The second-order valence-electron chi connectivity index (χ2n) is 5.70. The molecule has 0 spiro atoms. The molecule has 0 heterocycles. The van der Waals surface area contributed by atoms with Gasteiger partial charge in [0, 0.05) is 6.04 Å². The summed E-state index contributed by atoms with van der Waals surface area (Å²) in [6.07, 6.45) is 3.90. The average Bonchev–Trinajstić information content (AvgIpc) is 2.92. The van der Waals surface area contributed by atoms with Gasteiger partial charge in [-0.3, -0.25) is 0 Å². The first-order valence-electron chi connectivity index (χ1n) is 7.20. The molecule has 4 nitrogen and oxygen atoms in total. The maximum absolute atomic E-state index is 12.4. The Morgan fingerprint density at radius 3 is 2.50 bits per heavy atom. The lowest BCUT2D eigenvalue weighted by Gasteiger charge is -2.20. The fourth-order valence-corrected chi connectivity index (χ4v) is 4.17. The zero-order valence-electron chi connectivity index (χ0n) is 12.0. The summed E-state index contributed by atoms with van der Waals surface area (Å²) in [5, 5.41) is 9.55. The van der Waals surface area contributed by atoms with Crippen LogP contribution in [0.4, 0.5) is 0 Å². The van der Waals surface area contributed by atoms with Crippen LogP contribution in [0, 0.1) is 5.92 Å². The summed E-state index contributed by atoms with van der Waals surface area (Å²) < 4.78 is 27.5. The summed E-state index contributed by atoms with van der Waals surface area (Å²) in [5.74, 6) is 0.435. The Morgan fingerprint density at radius 1 is 1.25 bits per heavy atom. The van der Waals surface area contributed by atoms with Crippen LogP contribution in [0.1, 0.15) is 51.2 Å². The van der Waals surface area contributed by atoms with Crippen LogP contribution in [0.2, 0.25) is 0 Å². The molecule has 1 aliphatic carbocycles. The van der Waals surface area contributed by atoms with Crippen molar-refractivity contribution in [2.75, 3.05) is 0 Å². The normalized spacial score (nSPS) is 19.9. The molecule has 2 unspecified atom stereocenters. The standard InChI is InChI=1S/C15H23NO3S/c1-11(13-6-3-4-7-13)16-20(18,19)15-9-5-8-14(10-15)12(2)17/h5,8-13,16-17H,3-4,6-7H2,1-2H3. The van der Waals surface area contributed by atoms with Crippen molar-refractivity contribution in [3.63, 3.8) is 0 Å². The van der Waals surface area contributed by atoms with Crippen LogP contribution in [-0.4, -0.2) is 19.6 Å². The lowest BCUT2D eigenvalue weighted by molar-refractivity contribution is 0.199. The molecule has 0 amide bonds. The van der Waals surface area contributed by atoms with Gasteiger partial charge in [0.1, 0.15) is 0 Å². The fraction of sp³-hybridized carbons (Fsp3) is 0.600. The third kappa shape index (κ3) is 3.59. The van der Waals surface area contributed by atoms with Crippen molar-refractivity contribution in [2.24, 2.45) is 5.92 Å². The third-order valence-electron chi connectivity index (χ3n) is 4.10. The van der Waals surface area contributed by atoms with Crippen molar-refractivity contribution in [1.29, 1.82) is 0 Å². The molecule has 2 rings (SSSR count). The van der Waals surface area contributed by atoms with Crippen molar-refractivity contribution < 1.29 is 13.5 Å². The number of rotatable bonds is 5. The molecule has 1 saturated carbocycles. The predicted molar refractivity (Wildman–Crippen MR) is 78.8 cm³/mol. The monoisotopic (exact) mass is 297 g/mol. The summed E-state index contributed by atoms with van der Waals surface area (Å²) in [6, 6.07) is 6.45. The number of nitrogens with one attached hydrogen (secondary N) is 1. The van der Waals surface area contributed by atoms with E-state index in [4.69, 9.17) is 0 Å². The number of hydrogen-bond acceptors (Lipinski definition) is 3. The maximum Gasteiger partial charge on any atom is 0.240 e. The first-order valence-corrected chi connectivity index (χ1v) is 8.69. The molecule has 0 aromatic heterocycles. The molecule has 0 radical (unpaired) electrons. The lowest BCUT2D eigenvalue weighted by Crippen LogP contribution is -2.37. The van der Waals surface area contributed by atoms with E-state index < -0.39 is 16.1 Å². The van der Waals surface area contributed by atoms with Gasteiger partial charge >= 0.3 is 0 Å². The highest BCUT2D eigenvalue weighted by Gasteiger charge is 2.26. The van der Waals surface area contributed by atoms with Gasteiger partial charge < -0.3 is 5.11 Å². The topological polar surface area (TPSA) is 66.4 Å². The molecule has 2 atom stereocenters. The van der Waals surface area contributed by atoms with E-state index in [0.29, 0.717) is 11.5 Å². The van der Waals surface area contributed by atoms with Gasteiger partial charge in [-0.1, -0.05) is 25.0 Å². The molecule has 0 aliphatic heterocycles. The Balaban J connectivity index is 2.15. The van der Waals surface area contributed by atoms with Gasteiger partial charge in [-0.25, -0.2) is 13.1 Å². The zero-order valence-corrected chi connectivity index (χ0v) is 12.9. The van der Waals surface area contributed by atoms with E-state index in [1.54, 1.807) is 25.1 Å². The van der Waals surface area contributed by atoms with E-state index in [1.165, 1.54) is 18.9 Å². The van der Waals surface area contributed by atoms with Crippen LogP contribution >= 0.6 is 0 Å². The smallest absolute Gasteiger partial charge is 0.240 e. The van der Waals surface area contributed by atoms with Crippen molar-refractivity contribution in [2.45, 2.75) is 56.6 Å². The highest BCUT2D eigenvalue weighted by molar-refractivity contribution is 7.89. The van der Waals surface area contributed by atoms with E-state index in [0.717, 1.165) is 12.8 Å². The minimum absolute atomic E-state index is 0.0438. The van der Waals surface area contributed by atoms with E-state index in [1.807, 2.05) is 6.92 Å². The molecule has 2 N–H and O–H groups in total. The number of sulfonamides is 1. The number of aliphatic hydroxyl groups is 1. The van der Waals surface area contributed by atoms with Crippen molar-refractivity contribution >= 4 is 10.0 Å². The summed E-state index contributed by atoms with van der Waals surface area (Å²) in [5.41, 5.74) is 0.612. The molecule has 0 saturated heterocycles. The van der Waals surface area contributed by atoms with Gasteiger partial charge in [-0.2, -0.15) is 0 Å². The molecule has 0 bridgehead atoms. The van der Waals surface area contributed by atoms with Crippen LogP contribution in [0.5, 0.6) is 0 Å². The van der Waals surface area contributed by atoms with Crippen molar-refractivity contribution in [1.82, 2.24) is 4.72 Å². The minimum atomic E-state index is -3.51. The molecule has 5 heteroatoms. The Labute approximate surface area is 121 Å². The largest absolute Gasteiger partial charge is 0.389 e. The number of hydrogen-bond donors (Lipinski definition) is 2. The molecule has 112 valence electrons. The quantitative estimate of drug-likeness (QED) is 0.878. The van der Waals surface area contributed by atoms with Gasteiger partial charge in [-0.05, 0) is 50.3 Å². The third-order valence-corrected chi connectivity index (χ3v) is 5.66. The van der Waals surface area contributed by atoms with E-state index in [-0.39, 0.29) is 10.9 Å². The average molecular weight is 297 g/mol. The van der Waals surface area contributed by atoms with Crippen LogP contribution in [0.25, 0.3) is 0 Å². The highest BCUT2D eigenvalue weighted by atomic mass is 32.2. The van der Waals surface area contributed by atoms with Crippen LogP contribution in [0.15, 0.2) is 29.2 Å². The van der Waals surface area contributed by atoms with Crippen LogP contribution in [-0.2, 0) is 10.0 Å². The Morgan fingerprint density at radius 2 is 1.90 bits per heavy atom. The summed E-state index contributed by atoms with van der Waals surface area (Å²) in [6.45, 7) is 3.56. The summed E-state index contributed by atoms with van der Waals surface area (Å²) in [7, 11) is -3.51. The van der Waals surface area contributed by atoms with Gasteiger partial charge in [0.15, 0.2) is 0 Å². The first-order chi connectivity index (χ1) is 9.40. The molecular formula is C15H23NO3S. The van der Waals surface area contributed by atoms with E-state index in [2.05, 4.69) is 4.72 Å². The maximum atomic E-state index is 12.4. The minimum Gasteiger partial charge on any atom is -0.389 e. The molecular weight excluding hydrogens is 274 g/mol. The molecule has 1 fully saturated rings. The molecule has 1 aromatic carbocycles. The summed E-state index contributed by atoms with van der Waals surface area (Å²) >= 11 is 0. The Kier molecular flexibility index (Phi) is 4.83. The second-order valence-corrected chi connectivity index (χ2v) is 7.42. The van der Waals surface area contributed by atoms with Crippen LogP contribution < -0.4 is 4.72 Å². The molecule has 1 aliphatic rings. The zero-order chi connectivity index (χ0) is 14.8.